The minimum Gasteiger partial charge on any atom is -0.480 e. The highest BCUT2D eigenvalue weighted by atomic mass is 32.2. The maximum absolute atomic E-state index is 12.2. The zero-order valence-electron chi connectivity index (χ0n) is 11.0. The number of carbonyl (C=O) groups is 2. The molecule has 18 heavy (non-hydrogen) atoms. The first-order valence-corrected chi connectivity index (χ1v) is 7.47. The molecule has 1 amide bonds. The number of hydrogen-bond acceptors (Lipinski definition) is 4. The van der Waals surface area contributed by atoms with Crippen molar-refractivity contribution in [1.82, 2.24) is 4.90 Å². The summed E-state index contributed by atoms with van der Waals surface area (Å²) in [4.78, 5) is 24.9. The summed E-state index contributed by atoms with van der Waals surface area (Å²) < 4.78 is 0. The van der Waals surface area contributed by atoms with Gasteiger partial charge in [-0.05, 0) is 12.8 Å². The third kappa shape index (κ3) is 3.62. The van der Waals surface area contributed by atoms with Crippen molar-refractivity contribution < 1.29 is 14.7 Å². The average molecular weight is 274 g/mol. The lowest BCUT2D eigenvalue weighted by molar-refractivity contribution is -0.149. The van der Waals surface area contributed by atoms with Gasteiger partial charge in [-0.15, -0.1) is 11.8 Å². The number of nitrogens with two attached hydrogens (primary N) is 1. The predicted octanol–water partition coefficient (Wildman–Crippen LogP) is 1.27. The van der Waals surface area contributed by atoms with E-state index in [1.165, 1.54) is 16.7 Å². The molecular weight excluding hydrogens is 252 g/mol. The Morgan fingerprint density at radius 3 is 2.67 bits per heavy atom. The zero-order valence-corrected chi connectivity index (χ0v) is 11.8. The zero-order chi connectivity index (χ0) is 13.7. The molecule has 1 saturated heterocycles. The minimum atomic E-state index is -0.920. The topological polar surface area (TPSA) is 83.6 Å². The molecule has 1 aliphatic rings. The largest absolute Gasteiger partial charge is 0.480 e. The fourth-order valence-electron chi connectivity index (χ4n) is 2.21. The number of nitrogens with zero attached hydrogens (tertiary/aromatic N) is 1. The van der Waals surface area contributed by atoms with Gasteiger partial charge in [0.15, 0.2) is 0 Å². The van der Waals surface area contributed by atoms with Crippen LogP contribution in [-0.2, 0) is 9.59 Å². The van der Waals surface area contributed by atoms with E-state index in [0.717, 1.165) is 19.3 Å². The number of thioether (sulfide) groups is 1. The van der Waals surface area contributed by atoms with Gasteiger partial charge in [-0.1, -0.05) is 20.3 Å². The normalized spacial score (nSPS) is 25.2. The second-order valence-corrected chi connectivity index (χ2v) is 5.81. The molecule has 5 nitrogen and oxygen atoms in total. The van der Waals surface area contributed by atoms with Gasteiger partial charge >= 0.3 is 5.97 Å². The van der Waals surface area contributed by atoms with Crippen LogP contribution in [0.5, 0.6) is 0 Å². The van der Waals surface area contributed by atoms with Gasteiger partial charge in [0.1, 0.15) is 6.04 Å². The third-order valence-electron chi connectivity index (χ3n) is 3.11. The van der Waals surface area contributed by atoms with Gasteiger partial charge in [0.05, 0.1) is 5.37 Å². The van der Waals surface area contributed by atoms with Crippen molar-refractivity contribution in [3.8, 4) is 0 Å². The van der Waals surface area contributed by atoms with E-state index < -0.39 is 12.0 Å². The molecule has 0 aromatic heterocycles. The van der Waals surface area contributed by atoms with E-state index in [9.17, 15) is 9.59 Å². The van der Waals surface area contributed by atoms with Crippen molar-refractivity contribution >= 4 is 23.6 Å². The molecule has 3 unspecified atom stereocenters. The second-order valence-electron chi connectivity index (χ2n) is 4.60. The summed E-state index contributed by atoms with van der Waals surface area (Å²) in [6.45, 7) is 3.99. The Kier molecular flexibility index (Phi) is 5.95. The molecule has 1 heterocycles. The summed E-state index contributed by atoms with van der Waals surface area (Å²) in [6, 6.07) is -0.860. The molecule has 1 fully saturated rings. The standard InChI is InChI=1S/C12H22N2O3S/c1-3-5-8(13)6-10(15)14-9(12(16)17)7-18-11(14)4-2/h8-9,11H,3-7,13H2,1-2H3,(H,16,17). The van der Waals surface area contributed by atoms with Gasteiger partial charge in [-0.3, -0.25) is 4.79 Å². The number of aliphatic carboxylic acids is 1. The molecule has 6 heteroatoms. The third-order valence-corrected chi connectivity index (χ3v) is 4.56. The van der Waals surface area contributed by atoms with Gasteiger partial charge < -0.3 is 15.7 Å². The first-order valence-electron chi connectivity index (χ1n) is 6.42. The van der Waals surface area contributed by atoms with E-state index in [1.54, 1.807) is 0 Å². The SMILES string of the molecule is CCCC(N)CC(=O)N1C(CC)SCC1C(=O)O. The first kappa shape index (κ1) is 15.3. The van der Waals surface area contributed by atoms with Crippen LogP contribution in [0.3, 0.4) is 0 Å². The summed E-state index contributed by atoms with van der Waals surface area (Å²) in [7, 11) is 0. The molecule has 0 aromatic carbocycles. The monoisotopic (exact) mass is 274 g/mol. The van der Waals surface area contributed by atoms with Crippen molar-refractivity contribution in [2.45, 2.75) is 57.0 Å². The molecule has 0 bridgehead atoms. The molecule has 0 aromatic rings. The summed E-state index contributed by atoms with van der Waals surface area (Å²) in [5, 5.41) is 9.12. The Labute approximate surface area is 112 Å². The molecule has 0 saturated carbocycles. The van der Waals surface area contributed by atoms with Crippen LogP contribution in [0.2, 0.25) is 0 Å². The fourth-order valence-corrected chi connectivity index (χ4v) is 3.57. The smallest absolute Gasteiger partial charge is 0.327 e. The highest BCUT2D eigenvalue weighted by molar-refractivity contribution is 8.00. The van der Waals surface area contributed by atoms with Crippen molar-refractivity contribution in [2.75, 3.05) is 5.75 Å². The first-order chi connectivity index (χ1) is 8.51. The highest BCUT2D eigenvalue weighted by Crippen LogP contribution is 2.32. The van der Waals surface area contributed by atoms with Crippen LogP contribution >= 0.6 is 11.8 Å². The summed E-state index contributed by atoms with van der Waals surface area (Å²) in [5.41, 5.74) is 5.86. The van der Waals surface area contributed by atoms with Crippen molar-refractivity contribution in [2.24, 2.45) is 5.73 Å². The molecule has 1 rings (SSSR count). The van der Waals surface area contributed by atoms with Crippen LogP contribution in [0.15, 0.2) is 0 Å². The van der Waals surface area contributed by atoms with E-state index in [-0.39, 0.29) is 23.7 Å². The summed E-state index contributed by atoms with van der Waals surface area (Å²) >= 11 is 1.54. The van der Waals surface area contributed by atoms with Crippen molar-refractivity contribution in [3.63, 3.8) is 0 Å². The molecule has 0 spiro atoms. The van der Waals surface area contributed by atoms with Crippen LogP contribution in [-0.4, -0.2) is 45.1 Å². The minimum absolute atomic E-state index is 0.0209. The van der Waals surface area contributed by atoms with Crippen LogP contribution < -0.4 is 5.73 Å². The quantitative estimate of drug-likeness (QED) is 0.762. The Balaban J connectivity index is 2.69. The molecule has 3 atom stereocenters. The maximum atomic E-state index is 12.2. The van der Waals surface area contributed by atoms with Gasteiger partial charge in [-0.2, -0.15) is 0 Å². The van der Waals surface area contributed by atoms with Crippen LogP contribution in [0.25, 0.3) is 0 Å². The molecule has 104 valence electrons. The summed E-state index contributed by atoms with van der Waals surface area (Å²) in [5.74, 6) is -0.571. The Hall–Kier alpha value is -0.750. The Bertz CT molecular complexity index is 312. The van der Waals surface area contributed by atoms with Crippen molar-refractivity contribution in [3.05, 3.63) is 0 Å². The number of carboxylic acids is 1. The fraction of sp³-hybridized carbons (Fsp3) is 0.833. The molecule has 1 aliphatic heterocycles. The second kappa shape index (κ2) is 6.99. The number of amides is 1. The highest BCUT2D eigenvalue weighted by Gasteiger charge is 2.40. The van der Waals surface area contributed by atoms with Crippen molar-refractivity contribution in [1.29, 1.82) is 0 Å². The van der Waals surface area contributed by atoms with E-state index >= 15 is 0 Å². The number of carbonyl (C=O) groups excluding carboxylic acids is 1. The average Bonchev–Trinajstić information content (AvgIpc) is 2.72. The number of carboxylic acid groups (broad SMARTS) is 1. The van der Waals surface area contributed by atoms with Gasteiger partial charge in [0.2, 0.25) is 5.91 Å². The molecule has 3 N–H and O–H groups in total. The van der Waals surface area contributed by atoms with E-state index in [0.29, 0.717) is 5.75 Å². The molecular formula is C12H22N2O3S. The summed E-state index contributed by atoms with van der Waals surface area (Å²) in [6.07, 6.45) is 2.74. The number of rotatable bonds is 6. The number of hydrogen-bond donors (Lipinski definition) is 2. The van der Waals surface area contributed by atoms with Gasteiger partial charge in [0, 0.05) is 18.2 Å². The lowest BCUT2D eigenvalue weighted by Crippen LogP contribution is -2.47. The lowest BCUT2D eigenvalue weighted by atomic mass is 10.1. The van der Waals surface area contributed by atoms with Crippen LogP contribution in [0, 0.1) is 0 Å². The molecule has 0 aliphatic carbocycles. The van der Waals surface area contributed by atoms with Crippen LogP contribution in [0.1, 0.15) is 39.5 Å². The van der Waals surface area contributed by atoms with E-state index in [2.05, 4.69) is 0 Å². The lowest BCUT2D eigenvalue weighted by Gasteiger charge is -2.27. The van der Waals surface area contributed by atoms with Crippen LogP contribution in [0.4, 0.5) is 0 Å². The Morgan fingerprint density at radius 1 is 1.50 bits per heavy atom. The van der Waals surface area contributed by atoms with Gasteiger partial charge in [-0.25, -0.2) is 4.79 Å². The predicted molar refractivity (Wildman–Crippen MR) is 72.3 cm³/mol. The van der Waals surface area contributed by atoms with E-state index in [4.69, 9.17) is 10.8 Å². The van der Waals surface area contributed by atoms with E-state index in [1.807, 2.05) is 13.8 Å². The maximum Gasteiger partial charge on any atom is 0.327 e. The van der Waals surface area contributed by atoms with Gasteiger partial charge in [0.25, 0.3) is 0 Å². The Morgan fingerprint density at radius 2 is 2.17 bits per heavy atom. The molecule has 0 radical (unpaired) electrons.